The number of likely N-dealkylation sites (N-methyl/N-ethyl adjacent to an activating group) is 1. The first-order valence-electron chi connectivity index (χ1n) is 7.89. The minimum absolute atomic E-state index is 0.0559. The number of hydrogen-bond donors (Lipinski definition) is 1. The summed E-state index contributed by atoms with van der Waals surface area (Å²) in [6.45, 7) is 0. The molecule has 25 heavy (non-hydrogen) atoms. The summed E-state index contributed by atoms with van der Waals surface area (Å²) in [5.74, 6) is -1.74. The van der Waals surface area contributed by atoms with Crippen LogP contribution in [0.3, 0.4) is 0 Å². The number of anilines is 1. The van der Waals surface area contributed by atoms with Crippen molar-refractivity contribution in [2.75, 3.05) is 11.9 Å². The van der Waals surface area contributed by atoms with Crippen molar-refractivity contribution in [1.29, 1.82) is 0 Å². The van der Waals surface area contributed by atoms with Crippen molar-refractivity contribution in [2.24, 2.45) is 5.73 Å². The number of benzene rings is 1. The van der Waals surface area contributed by atoms with E-state index in [4.69, 9.17) is 5.73 Å². The summed E-state index contributed by atoms with van der Waals surface area (Å²) in [6.07, 6.45) is -1.53. The van der Waals surface area contributed by atoms with Gasteiger partial charge >= 0.3 is 6.18 Å². The van der Waals surface area contributed by atoms with Crippen LogP contribution in [0.5, 0.6) is 0 Å². The van der Waals surface area contributed by atoms with Crippen LogP contribution in [0.25, 0.3) is 0 Å². The summed E-state index contributed by atoms with van der Waals surface area (Å²) < 4.78 is 37.6. The number of amides is 2. The minimum atomic E-state index is -4.45. The molecule has 1 rings (SSSR count). The second-order valence-corrected chi connectivity index (χ2v) is 5.71. The van der Waals surface area contributed by atoms with E-state index in [-0.39, 0.29) is 18.0 Å². The second kappa shape index (κ2) is 9.19. The van der Waals surface area contributed by atoms with Gasteiger partial charge in [0.05, 0.1) is 5.56 Å². The van der Waals surface area contributed by atoms with E-state index < -0.39 is 23.4 Å². The monoisotopic (exact) mass is 358 g/mol. The van der Waals surface area contributed by atoms with Crippen molar-refractivity contribution in [1.82, 2.24) is 0 Å². The lowest BCUT2D eigenvalue weighted by Gasteiger charge is -2.17. The Hall–Kier alpha value is -2.38. The van der Waals surface area contributed by atoms with Crippen LogP contribution in [0, 0.1) is 0 Å². The number of rotatable bonds is 9. The molecule has 0 aromatic heterocycles. The second-order valence-electron chi connectivity index (χ2n) is 5.71. The van der Waals surface area contributed by atoms with E-state index in [1.54, 1.807) is 0 Å². The Bertz CT molecular complexity index is 613. The van der Waals surface area contributed by atoms with Crippen LogP contribution in [0.4, 0.5) is 18.9 Å². The van der Waals surface area contributed by atoms with E-state index in [2.05, 4.69) is 0 Å². The number of nitrogens with two attached hydrogens (primary N) is 1. The summed E-state index contributed by atoms with van der Waals surface area (Å²) in [5, 5.41) is 0. The van der Waals surface area contributed by atoms with Crippen molar-refractivity contribution < 1.29 is 27.6 Å². The van der Waals surface area contributed by atoms with Gasteiger partial charge in [-0.05, 0) is 37.1 Å². The van der Waals surface area contributed by atoms with E-state index in [1.807, 2.05) is 0 Å². The Labute approximate surface area is 144 Å². The quantitative estimate of drug-likeness (QED) is 0.544. The van der Waals surface area contributed by atoms with Gasteiger partial charge in [0, 0.05) is 25.6 Å². The lowest BCUT2D eigenvalue weighted by molar-refractivity contribution is -0.137. The van der Waals surface area contributed by atoms with E-state index >= 15 is 0 Å². The number of alkyl halides is 3. The molecule has 1 aromatic carbocycles. The van der Waals surface area contributed by atoms with Crippen LogP contribution in [0.15, 0.2) is 24.3 Å². The lowest BCUT2D eigenvalue weighted by atomic mass is 10.1. The SMILES string of the molecule is CN(C(=O)C(=O)CCCCCCC(N)=O)c1ccc(C(F)(F)F)cc1. The van der Waals surface area contributed by atoms with Crippen LogP contribution in [-0.2, 0) is 20.6 Å². The van der Waals surface area contributed by atoms with Gasteiger partial charge in [0.2, 0.25) is 11.7 Å². The molecule has 138 valence electrons. The number of Topliss-reactive ketones (excluding diaryl/α,β-unsaturated/α-hetero) is 1. The third kappa shape index (κ3) is 6.94. The van der Waals surface area contributed by atoms with Crippen molar-refractivity contribution in [3.8, 4) is 0 Å². The molecule has 5 nitrogen and oxygen atoms in total. The molecule has 0 bridgehead atoms. The highest BCUT2D eigenvalue weighted by Gasteiger charge is 2.30. The van der Waals surface area contributed by atoms with E-state index in [9.17, 15) is 27.6 Å². The molecule has 0 saturated carbocycles. The van der Waals surface area contributed by atoms with Crippen molar-refractivity contribution >= 4 is 23.3 Å². The standard InChI is InChI=1S/C17H21F3N2O3/c1-22(13-10-8-12(9-11-13)17(18,19)20)16(25)14(23)6-4-2-3-5-7-15(21)24/h8-11H,2-7H2,1H3,(H2,21,24). The van der Waals surface area contributed by atoms with Crippen LogP contribution in [0.2, 0.25) is 0 Å². The maximum Gasteiger partial charge on any atom is 0.416 e. The summed E-state index contributed by atoms with van der Waals surface area (Å²) in [5.41, 5.74) is 4.41. The molecular weight excluding hydrogens is 337 g/mol. The highest BCUT2D eigenvalue weighted by atomic mass is 19.4. The highest BCUT2D eigenvalue weighted by molar-refractivity contribution is 6.41. The zero-order valence-electron chi connectivity index (χ0n) is 13.9. The van der Waals surface area contributed by atoms with Crippen molar-refractivity contribution in [2.45, 2.75) is 44.7 Å². The van der Waals surface area contributed by atoms with E-state index in [0.717, 1.165) is 35.6 Å². The van der Waals surface area contributed by atoms with Gasteiger partial charge in [0.15, 0.2) is 0 Å². The Morgan fingerprint density at radius 2 is 1.48 bits per heavy atom. The molecule has 0 aliphatic carbocycles. The van der Waals surface area contributed by atoms with Gasteiger partial charge in [-0.25, -0.2) is 0 Å². The van der Waals surface area contributed by atoms with Crippen LogP contribution in [0.1, 0.15) is 44.1 Å². The average molecular weight is 358 g/mol. The van der Waals surface area contributed by atoms with Crippen molar-refractivity contribution in [3.05, 3.63) is 29.8 Å². The molecule has 0 unspecified atom stereocenters. The molecular formula is C17H21F3N2O3. The highest BCUT2D eigenvalue weighted by Crippen LogP contribution is 2.30. The first-order chi connectivity index (χ1) is 11.6. The number of halogens is 3. The fourth-order valence-electron chi connectivity index (χ4n) is 2.22. The normalized spacial score (nSPS) is 11.2. The molecule has 0 heterocycles. The number of unbranched alkanes of at least 4 members (excludes halogenated alkanes) is 3. The molecule has 2 amide bonds. The fraction of sp³-hybridized carbons (Fsp3) is 0.471. The summed E-state index contributed by atoms with van der Waals surface area (Å²) in [6, 6.07) is 4.03. The summed E-state index contributed by atoms with van der Waals surface area (Å²) in [4.78, 5) is 35.5. The average Bonchev–Trinajstić information content (AvgIpc) is 2.55. The van der Waals surface area contributed by atoms with Crippen LogP contribution in [-0.4, -0.2) is 24.6 Å². The lowest BCUT2D eigenvalue weighted by Crippen LogP contribution is -2.33. The number of primary amides is 1. The summed E-state index contributed by atoms with van der Waals surface area (Å²) in [7, 11) is 1.34. The molecule has 0 radical (unpaired) electrons. The molecule has 0 spiro atoms. The molecule has 8 heteroatoms. The first-order valence-corrected chi connectivity index (χ1v) is 7.89. The molecule has 2 N–H and O–H groups in total. The largest absolute Gasteiger partial charge is 0.416 e. The van der Waals surface area contributed by atoms with Gasteiger partial charge in [-0.2, -0.15) is 13.2 Å². The Morgan fingerprint density at radius 3 is 1.96 bits per heavy atom. The molecule has 1 aromatic rings. The number of hydrogen-bond acceptors (Lipinski definition) is 3. The first kappa shape index (κ1) is 20.7. The molecule has 0 aliphatic rings. The minimum Gasteiger partial charge on any atom is -0.370 e. The predicted molar refractivity (Wildman–Crippen MR) is 86.8 cm³/mol. The fourth-order valence-corrected chi connectivity index (χ4v) is 2.22. The Morgan fingerprint density at radius 1 is 0.960 bits per heavy atom. The smallest absolute Gasteiger partial charge is 0.370 e. The number of carbonyl (C=O) groups excluding carboxylic acids is 3. The predicted octanol–water partition coefficient (Wildman–Crippen LogP) is 3.06. The van der Waals surface area contributed by atoms with Gasteiger partial charge in [0.1, 0.15) is 0 Å². The van der Waals surface area contributed by atoms with Gasteiger partial charge in [-0.3, -0.25) is 14.4 Å². The topological polar surface area (TPSA) is 80.5 Å². The maximum atomic E-state index is 12.5. The van der Waals surface area contributed by atoms with Gasteiger partial charge in [0.25, 0.3) is 5.91 Å². The molecule has 0 fully saturated rings. The number of ketones is 1. The molecule has 0 atom stereocenters. The van der Waals surface area contributed by atoms with Gasteiger partial charge in [-0.1, -0.05) is 12.8 Å². The Balaban J connectivity index is 2.47. The van der Waals surface area contributed by atoms with E-state index in [0.29, 0.717) is 25.7 Å². The maximum absolute atomic E-state index is 12.5. The van der Waals surface area contributed by atoms with Crippen molar-refractivity contribution in [3.63, 3.8) is 0 Å². The number of carbonyl (C=O) groups is 3. The molecule has 0 aliphatic heterocycles. The zero-order valence-corrected chi connectivity index (χ0v) is 13.9. The van der Waals surface area contributed by atoms with E-state index in [1.165, 1.54) is 7.05 Å². The Kier molecular flexibility index (Phi) is 7.60. The number of nitrogens with zero attached hydrogens (tertiary/aromatic N) is 1. The molecule has 0 saturated heterocycles. The third-order valence-electron chi connectivity index (χ3n) is 3.70. The van der Waals surface area contributed by atoms with Crippen LogP contribution < -0.4 is 10.6 Å². The third-order valence-corrected chi connectivity index (χ3v) is 3.70. The van der Waals surface area contributed by atoms with Gasteiger partial charge < -0.3 is 10.6 Å². The van der Waals surface area contributed by atoms with Crippen LogP contribution >= 0.6 is 0 Å². The summed E-state index contributed by atoms with van der Waals surface area (Å²) >= 11 is 0. The van der Waals surface area contributed by atoms with Gasteiger partial charge in [-0.15, -0.1) is 0 Å². The zero-order chi connectivity index (χ0) is 19.0.